The van der Waals surface area contributed by atoms with Crippen LogP contribution >= 0.6 is 11.6 Å². The molecule has 0 aromatic heterocycles. The fourth-order valence-corrected chi connectivity index (χ4v) is 3.00. The number of benzene rings is 3. The Morgan fingerprint density at radius 3 is 2.53 bits per heavy atom. The lowest BCUT2D eigenvalue weighted by Gasteiger charge is -2.09. The van der Waals surface area contributed by atoms with E-state index in [-0.39, 0.29) is 5.57 Å². The quantitative estimate of drug-likeness (QED) is 0.391. The highest BCUT2D eigenvalue weighted by Gasteiger charge is 2.11. The number of nitriles is 1. The molecule has 0 atom stereocenters. The average molecular weight is 417 g/mol. The van der Waals surface area contributed by atoms with Crippen molar-refractivity contribution in [1.82, 2.24) is 0 Å². The zero-order valence-corrected chi connectivity index (χ0v) is 17.5. The van der Waals surface area contributed by atoms with Crippen molar-refractivity contribution >= 4 is 29.3 Å². The van der Waals surface area contributed by atoms with Crippen LogP contribution in [-0.4, -0.2) is 5.91 Å². The number of ether oxygens (including phenoxy) is 1. The number of halogens is 1. The van der Waals surface area contributed by atoms with Gasteiger partial charge >= 0.3 is 0 Å². The van der Waals surface area contributed by atoms with Gasteiger partial charge in [-0.25, -0.2) is 0 Å². The number of hydrogen-bond donors (Lipinski definition) is 1. The van der Waals surface area contributed by atoms with E-state index in [9.17, 15) is 10.1 Å². The molecule has 0 saturated heterocycles. The Kier molecular flexibility index (Phi) is 6.90. The lowest BCUT2D eigenvalue weighted by molar-refractivity contribution is -0.112. The fraction of sp³-hybridized carbons (Fsp3) is 0.120. The van der Waals surface area contributed by atoms with Gasteiger partial charge in [0.2, 0.25) is 0 Å². The Hall–Kier alpha value is -3.55. The van der Waals surface area contributed by atoms with Crippen molar-refractivity contribution in [2.45, 2.75) is 20.5 Å². The molecule has 3 aromatic rings. The summed E-state index contributed by atoms with van der Waals surface area (Å²) in [4.78, 5) is 12.5. The van der Waals surface area contributed by atoms with Gasteiger partial charge < -0.3 is 10.1 Å². The molecular weight excluding hydrogens is 396 g/mol. The van der Waals surface area contributed by atoms with Crippen LogP contribution in [0.25, 0.3) is 6.08 Å². The smallest absolute Gasteiger partial charge is 0.266 e. The molecule has 0 aliphatic rings. The Balaban J connectivity index is 1.68. The van der Waals surface area contributed by atoms with Crippen molar-refractivity contribution < 1.29 is 9.53 Å². The molecule has 1 N–H and O–H groups in total. The maximum Gasteiger partial charge on any atom is 0.266 e. The van der Waals surface area contributed by atoms with Gasteiger partial charge in [0.15, 0.2) is 0 Å². The predicted octanol–water partition coefficient (Wildman–Crippen LogP) is 6.08. The van der Waals surface area contributed by atoms with E-state index in [0.29, 0.717) is 23.1 Å². The van der Waals surface area contributed by atoms with Crippen LogP contribution in [0.15, 0.2) is 72.3 Å². The number of carbonyl (C=O) groups is 1. The number of rotatable bonds is 6. The van der Waals surface area contributed by atoms with Gasteiger partial charge in [-0.1, -0.05) is 54.1 Å². The van der Waals surface area contributed by atoms with E-state index in [1.807, 2.05) is 62.4 Å². The van der Waals surface area contributed by atoms with Crippen molar-refractivity contribution in [3.63, 3.8) is 0 Å². The number of carbonyl (C=O) groups excluding carboxylic acids is 1. The molecule has 0 radical (unpaired) electrons. The van der Waals surface area contributed by atoms with E-state index in [4.69, 9.17) is 16.3 Å². The van der Waals surface area contributed by atoms with E-state index in [1.165, 1.54) is 0 Å². The van der Waals surface area contributed by atoms with Crippen molar-refractivity contribution in [3.05, 3.63) is 99.6 Å². The van der Waals surface area contributed by atoms with E-state index >= 15 is 0 Å². The van der Waals surface area contributed by atoms with Crippen molar-refractivity contribution in [2.24, 2.45) is 0 Å². The minimum Gasteiger partial charge on any atom is -0.489 e. The van der Waals surface area contributed by atoms with Crippen LogP contribution in [0.3, 0.4) is 0 Å². The Labute approximate surface area is 181 Å². The van der Waals surface area contributed by atoms with Gasteiger partial charge in [0.25, 0.3) is 5.91 Å². The fourth-order valence-electron chi connectivity index (χ4n) is 2.81. The third-order valence-corrected chi connectivity index (χ3v) is 4.92. The summed E-state index contributed by atoms with van der Waals surface area (Å²) in [6.45, 7) is 4.22. The standard InChI is InChI=1S/C25H21ClN2O2/c1-17-7-8-18(2)24(13-17)28-25(29)21(15-27)14-19-9-11-22(12-10-19)30-16-20-5-3-4-6-23(20)26/h3-14H,16H2,1-2H3,(H,28,29)/b21-14+. The van der Waals surface area contributed by atoms with Gasteiger partial charge in [-0.15, -0.1) is 0 Å². The number of nitrogens with one attached hydrogen (secondary N) is 1. The first-order valence-corrected chi connectivity index (χ1v) is 9.81. The summed E-state index contributed by atoms with van der Waals surface area (Å²) in [7, 11) is 0. The SMILES string of the molecule is Cc1ccc(C)c(NC(=O)/C(C#N)=C/c2ccc(OCc3ccccc3Cl)cc2)c1. The Morgan fingerprint density at radius 2 is 1.83 bits per heavy atom. The number of aryl methyl sites for hydroxylation is 2. The topological polar surface area (TPSA) is 62.1 Å². The summed E-state index contributed by atoms with van der Waals surface area (Å²) in [6, 6.07) is 22.4. The zero-order chi connectivity index (χ0) is 21.5. The van der Waals surface area contributed by atoms with Crippen LogP contribution in [0.1, 0.15) is 22.3 Å². The first-order chi connectivity index (χ1) is 14.5. The van der Waals surface area contributed by atoms with Gasteiger partial charge in [0.05, 0.1) is 0 Å². The molecule has 0 fully saturated rings. The van der Waals surface area contributed by atoms with E-state index in [2.05, 4.69) is 5.32 Å². The normalized spacial score (nSPS) is 10.9. The minimum absolute atomic E-state index is 0.0284. The molecule has 0 aliphatic heterocycles. The number of amides is 1. The van der Waals surface area contributed by atoms with E-state index in [0.717, 1.165) is 22.3 Å². The highest BCUT2D eigenvalue weighted by Crippen LogP contribution is 2.21. The molecule has 0 spiro atoms. The van der Waals surface area contributed by atoms with Crippen molar-refractivity contribution in [2.75, 3.05) is 5.32 Å². The summed E-state index contributed by atoms with van der Waals surface area (Å²) < 4.78 is 5.76. The summed E-state index contributed by atoms with van der Waals surface area (Å²) in [5.41, 5.74) is 4.33. The summed E-state index contributed by atoms with van der Waals surface area (Å²) in [5, 5.41) is 12.9. The van der Waals surface area contributed by atoms with E-state index < -0.39 is 5.91 Å². The maximum atomic E-state index is 12.5. The Bertz CT molecular complexity index is 1130. The molecule has 3 rings (SSSR count). The molecule has 0 aliphatic carbocycles. The van der Waals surface area contributed by atoms with Crippen LogP contribution in [0.4, 0.5) is 5.69 Å². The lowest BCUT2D eigenvalue weighted by Crippen LogP contribution is -2.14. The van der Waals surface area contributed by atoms with Crippen LogP contribution in [0, 0.1) is 25.2 Å². The monoisotopic (exact) mass is 416 g/mol. The Morgan fingerprint density at radius 1 is 1.10 bits per heavy atom. The third-order valence-electron chi connectivity index (χ3n) is 4.55. The molecule has 1 amide bonds. The van der Waals surface area contributed by atoms with Gasteiger partial charge in [0.1, 0.15) is 24.0 Å². The van der Waals surface area contributed by atoms with Crippen LogP contribution < -0.4 is 10.1 Å². The average Bonchev–Trinajstić information content (AvgIpc) is 2.75. The molecule has 150 valence electrons. The first kappa shape index (κ1) is 21.2. The van der Waals surface area contributed by atoms with Crippen molar-refractivity contribution in [1.29, 1.82) is 5.26 Å². The predicted molar refractivity (Wildman–Crippen MR) is 120 cm³/mol. The second-order valence-corrected chi connectivity index (χ2v) is 7.30. The van der Waals surface area contributed by atoms with E-state index in [1.54, 1.807) is 30.3 Å². The molecule has 5 heteroatoms. The third kappa shape index (κ3) is 5.50. The van der Waals surface area contributed by atoms with Crippen LogP contribution in [0.2, 0.25) is 5.02 Å². The minimum atomic E-state index is -0.440. The summed E-state index contributed by atoms with van der Waals surface area (Å²) >= 11 is 6.14. The van der Waals surface area contributed by atoms with Gasteiger partial charge in [-0.3, -0.25) is 4.79 Å². The molecule has 0 heterocycles. The van der Waals surface area contributed by atoms with Gasteiger partial charge in [-0.2, -0.15) is 5.26 Å². The second kappa shape index (κ2) is 9.78. The zero-order valence-electron chi connectivity index (χ0n) is 16.8. The second-order valence-electron chi connectivity index (χ2n) is 6.89. The molecule has 4 nitrogen and oxygen atoms in total. The lowest BCUT2D eigenvalue weighted by atomic mass is 10.1. The van der Waals surface area contributed by atoms with Gasteiger partial charge in [0, 0.05) is 16.3 Å². The van der Waals surface area contributed by atoms with Crippen molar-refractivity contribution in [3.8, 4) is 11.8 Å². The highest BCUT2D eigenvalue weighted by atomic mass is 35.5. The van der Waals surface area contributed by atoms with Crippen LogP contribution in [0.5, 0.6) is 5.75 Å². The largest absolute Gasteiger partial charge is 0.489 e. The number of anilines is 1. The molecule has 0 saturated carbocycles. The maximum absolute atomic E-state index is 12.5. The number of hydrogen-bond acceptors (Lipinski definition) is 3. The summed E-state index contributed by atoms with van der Waals surface area (Å²) in [6.07, 6.45) is 1.55. The first-order valence-electron chi connectivity index (χ1n) is 9.43. The molecule has 0 unspecified atom stereocenters. The van der Waals surface area contributed by atoms with Gasteiger partial charge in [-0.05, 0) is 60.9 Å². The molecule has 30 heavy (non-hydrogen) atoms. The molecule has 3 aromatic carbocycles. The highest BCUT2D eigenvalue weighted by molar-refractivity contribution is 6.31. The van der Waals surface area contributed by atoms with Crippen LogP contribution in [-0.2, 0) is 11.4 Å². The molecular formula is C25H21ClN2O2. The molecule has 0 bridgehead atoms. The number of nitrogens with zero attached hydrogens (tertiary/aromatic N) is 1. The summed E-state index contributed by atoms with van der Waals surface area (Å²) in [5.74, 6) is 0.232.